The van der Waals surface area contributed by atoms with E-state index in [-0.39, 0.29) is 5.92 Å². The smallest absolute Gasteiger partial charge is 0.0867 e. The van der Waals surface area contributed by atoms with Gasteiger partial charge in [0.1, 0.15) is 0 Å². The van der Waals surface area contributed by atoms with Crippen LogP contribution < -0.4 is 0 Å². The molecule has 0 bridgehead atoms. The summed E-state index contributed by atoms with van der Waals surface area (Å²) in [4.78, 5) is 0. The van der Waals surface area contributed by atoms with Crippen molar-refractivity contribution in [3.63, 3.8) is 0 Å². The molecule has 0 radical (unpaired) electrons. The van der Waals surface area contributed by atoms with Crippen molar-refractivity contribution >= 4 is 11.6 Å². The van der Waals surface area contributed by atoms with Gasteiger partial charge in [0.25, 0.3) is 0 Å². The lowest BCUT2D eigenvalue weighted by molar-refractivity contribution is 0.131. The zero-order valence-corrected chi connectivity index (χ0v) is 8.61. The Hall–Kier alpha value is -0.790. The van der Waals surface area contributed by atoms with Gasteiger partial charge in [-0.2, -0.15) is 0 Å². The number of allylic oxidation sites excluding steroid dienone is 1. The van der Waals surface area contributed by atoms with E-state index in [2.05, 4.69) is 12.2 Å². The van der Waals surface area contributed by atoms with Gasteiger partial charge in [-0.05, 0) is 24.5 Å². The number of aliphatic hydroxyl groups excluding tert-OH is 1. The number of hydrogen-bond donors (Lipinski definition) is 1. The second-order valence-electron chi connectivity index (χ2n) is 3.64. The summed E-state index contributed by atoms with van der Waals surface area (Å²) in [7, 11) is 0. The van der Waals surface area contributed by atoms with E-state index >= 15 is 0 Å². The predicted molar refractivity (Wildman–Crippen MR) is 58.3 cm³/mol. The van der Waals surface area contributed by atoms with Crippen molar-refractivity contribution in [2.75, 3.05) is 0 Å². The molecule has 0 heterocycles. The van der Waals surface area contributed by atoms with Crippen LogP contribution >= 0.6 is 11.6 Å². The highest BCUT2D eigenvalue weighted by Crippen LogP contribution is 2.33. The fraction of sp³-hybridized carbons (Fsp3) is 0.333. The maximum Gasteiger partial charge on any atom is 0.0867 e. The van der Waals surface area contributed by atoms with Crippen LogP contribution in [0.5, 0.6) is 0 Å². The van der Waals surface area contributed by atoms with Crippen molar-refractivity contribution in [2.45, 2.75) is 18.9 Å². The summed E-state index contributed by atoms with van der Waals surface area (Å²) in [6, 6.07) is 7.49. The molecule has 0 amide bonds. The average molecular weight is 209 g/mol. The van der Waals surface area contributed by atoms with Crippen molar-refractivity contribution in [3.8, 4) is 0 Å². The number of aliphatic hydroxyl groups is 1. The molecule has 1 nitrogen and oxygen atoms in total. The fourth-order valence-corrected chi connectivity index (χ4v) is 2.11. The highest BCUT2D eigenvalue weighted by molar-refractivity contribution is 6.31. The van der Waals surface area contributed by atoms with Crippen LogP contribution in [0.25, 0.3) is 0 Å². The van der Waals surface area contributed by atoms with Crippen LogP contribution in [0.4, 0.5) is 0 Å². The van der Waals surface area contributed by atoms with Crippen molar-refractivity contribution in [1.82, 2.24) is 0 Å². The molecule has 14 heavy (non-hydrogen) atoms. The van der Waals surface area contributed by atoms with E-state index in [1.165, 1.54) is 0 Å². The van der Waals surface area contributed by atoms with Gasteiger partial charge in [0.2, 0.25) is 0 Å². The summed E-state index contributed by atoms with van der Waals surface area (Å²) < 4.78 is 0. The fourth-order valence-electron chi connectivity index (χ4n) is 1.86. The van der Waals surface area contributed by atoms with Gasteiger partial charge in [-0.25, -0.2) is 0 Å². The molecule has 2 rings (SSSR count). The molecule has 1 aromatic carbocycles. The maximum atomic E-state index is 10.1. The summed E-state index contributed by atoms with van der Waals surface area (Å²) in [6.07, 6.45) is 5.82. The SMILES string of the molecule is OC(c1ccccc1Cl)C1C=CCC1. The summed E-state index contributed by atoms with van der Waals surface area (Å²) in [5, 5.41) is 10.7. The van der Waals surface area contributed by atoms with E-state index in [0.29, 0.717) is 5.02 Å². The first-order chi connectivity index (χ1) is 6.79. The Bertz CT molecular complexity index is 346. The molecule has 74 valence electrons. The van der Waals surface area contributed by atoms with Crippen LogP contribution in [0.15, 0.2) is 36.4 Å². The summed E-state index contributed by atoms with van der Waals surface area (Å²) in [6.45, 7) is 0. The summed E-state index contributed by atoms with van der Waals surface area (Å²) in [5.41, 5.74) is 0.839. The minimum absolute atomic E-state index is 0.231. The molecule has 0 saturated carbocycles. The van der Waals surface area contributed by atoms with E-state index in [9.17, 15) is 5.11 Å². The number of halogens is 1. The maximum absolute atomic E-state index is 10.1. The Morgan fingerprint density at radius 2 is 2.14 bits per heavy atom. The third kappa shape index (κ3) is 1.84. The minimum Gasteiger partial charge on any atom is -0.388 e. The number of benzene rings is 1. The second kappa shape index (κ2) is 4.16. The third-order valence-electron chi connectivity index (χ3n) is 2.68. The van der Waals surface area contributed by atoms with Crippen LogP contribution in [0.2, 0.25) is 5.02 Å². The normalized spacial score (nSPS) is 22.6. The number of hydrogen-bond acceptors (Lipinski definition) is 1. The molecule has 0 spiro atoms. The Kier molecular flexibility index (Phi) is 2.90. The van der Waals surface area contributed by atoms with E-state index in [1.54, 1.807) is 0 Å². The largest absolute Gasteiger partial charge is 0.388 e. The summed E-state index contributed by atoms with van der Waals surface area (Å²) >= 11 is 6.01. The predicted octanol–water partition coefficient (Wildman–Crippen LogP) is 3.34. The quantitative estimate of drug-likeness (QED) is 0.740. The highest BCUT2D eigenvalue weighted by atomic mass is 35.5. The van der Waals surface area contributed by atoms with E-state index < -0.39 is 6.10 Å². The third-order valence-corrected chi connectivity index (χ3v) is 3.02. The molecule has 0 fully saturated rings. The second-order valence-corrected chi connectivity index (χ2v) is 4.04. The molecule has 0 saturated heterocycles. The summed E-state index contributed by atoms with van der Waals surface area (Å²) in [5.74, 6) is 0.231. The van der Waals surface area contributed by atoms with Crippen LogP contribution in [0, 0.1) is 5.92 Å². The van der Waals surface area contributed by atoms with Crippen molar-refractivity contribution < 1.29 is 5.11 Å². The van der Waals surface area contributed by atoms with Gasteiger partial charge >= 0.3 is 0 Å². The molecule has 1 aromatic rings. The molecule has 2 atom stereocenters. The zero-order valence-electron chi connectivity index (χ0n) is 7.86. The first kappa shape index (κ1) is 9.75. The Labute approximate surface area is 89.0 Å². The molecular weight excluding hydrogens is 196 g/mol. The van der Waals surface area contributed by atoms with E-state index in [1.807, 2.05) is 24.3 Å². The molecule has 1 aliphatic carbocycles. The minimum atomic E-state index is -0.456. The molecule has 2 heteroatoms. The first-order valence-electron chi connectivity index (χ1n) is 4.88. The van der Waals surface area contributed by atoms with Crippen LogP contribution in [0.1, 0.15) is 24.5 Å². The van der Waals surface area contributed by atoms with Crippen molar-refractivity contribution in [3.05, 3.63) is 47.0 Å². The van der Waals surface area contributed by atoms with Gasteiger partial charge in [0, 0.05) is 10.9 Å². The Morgan fingerprint density at radius 1 is 1.36 bits per heavy atom. The van der Waals surface area contributed by atoms with Gasteiger partial charge in [0.05, 0.1) is 6.10 Å². The topological polar surface area (TPSA) is 20.2 Å². The Balaban J connectivity index is 2.22. The van der Waals surface area contributed by atoms with Gasteiger partial charge in [-0.15, -0.1) is 0 Å². The lowest BCUT2D eigenvalue weighted by Gasteiger charge is -2.17. The molecule has 1 aliphatic rings. The van der Waals surface area contributed by atoms with Crippen LogP contribution in [-0.4, -0.2) is 5.11 Å². The van der Waals surface area contributed by atoms with Gasteiger partial charge in [-0.1, -0.05) is 42.0 Å². The lowest BCUT2D eigenvalue weighted by atomic mass is 9.95. The number of rotatable bonds is 2. The molecule has 1 N–H and O–H groups in total. The molecular formula is C12H13ClO. The standard InChI is InChI=1S/C12H13ClO/c13-11-8-4-3-7-10(11)12(14)9-5-1-2-6-9/h1,3-5,7-9,12,14H,2,6H2. The van der Waals surface area contributed by atoms with Gasteiger partial charge in [0.15, 0.2) is 0 Å². The zero-order chi connectivity index (χ0) is 9.97. The lowest BCUT2D eigenvalue weighted by Crippen LogP contribution is -2.08. The van der Waals surface area contributed by atoms with E-state index in [0.717, 1.165) is 18.4 Å². The monoisotopic (exact) mass is 208 g/mol. The average Bonchev–Trinajstić information content (AvgIpc) is 2.70. The van der Waals surface area contributed by atoms with Crippen LogP contribution in [0.3, 0.4) is 0 Å². The molecule has 0 aliphatic heterocycles. The molecule has 0 aromatic heterocycles. The van der Waals surface area contributed by atoms with Crippen molar-refractivity contribution in [2.24, 2.45) is 5.92 Å². The van der Waals surface area contributed by atoms with Crippen LogP contribution in [-0.2, 0) is 0 Å². The van der Waals surface area contributed by atoms with Crippen molar-refractivity contribution in [1.29, 1.82) is 0 Å². The van der Waals surface area contributed by atoms with Gasteiger partial charge in [-0.3, -0.25) is 0 Å². The molecule has 2 unspecified atom stereocenters. The first-order valence-corrected chi connectivity index (χ1v) is 5.26. The Morgan fingerprint density at radius 3 is 2.79 bits per heavy atom. The van der Waals surface area contributed by atoms with Gasteiger partial charge < -0.3 is 5.11 Å². The highest BCUT2D eigenvalue weighted by Gasteiger charge is 2.21. The van der Waals surface area contributed by atoms with E-state index in [4.69, 9.17) is 11.6 Å².